The number of amides is 1. The van der Waals surface area contributed by atoms with Crippen LogP contribution in [0.25, 0.3) is 0 Å². The van der Waals surface area contributed by atoms with Gasteiger partial charge in [0.2, 0.25) is 5.91 Å². The van der Waals surface area contributed by atoms with Crippen LogP contribution in [0.2, 0.25) is 0 Å². The molecule has 1 N–H and O–H groups in total. The second kappa shape index (κ2) is 9.19. The minimum absolute atomic E-state index is 0.169. The van der Waals surface area contributed by atoms with E-state index in [4.69, 9.17) is 0 Å². The monoisotopic (exact) mass is 241 g/mol. The molecule has 0 radical (unpaired) electrons. The molecule has 4 nitrogen and oxygen atoms in total. The van der Waals surface area contributed by atoms with E-state index in [2.05, 4.69) is 30.6 Å². The van der Waals surface area contributed by atoms with Crippen LogP contribution >= 0.6 is 0 Å². The highest BCUT2D eigenvalue weighted by atomic mass is 16.2. The zero-order valence-corrected chi connectivity index (χ0v) is 11.7. The number of nitrogens with one attached hydrogen (secondary N) is 1. The Hall–Kier alpha value is -0.870. The first-order valence-electron chi connectivity index (χ1n) is 6.21. The molecular weight excluding hydrogens is 214 g/mol. The zero-order chi connectivity index (χ0) is 13.3. The van der Waals surface area contributed by atoms with E-state index in [-0.39, 0.29) is 5.91 Å². The molecule has 0 saturated carbocycles. The Balaban J connectivity index is 4.14. The van der Waals surface area contributed by atoms with Crippen molar-refractivity contribution in [2.75, 3.05) is 46.8 Å². The third kappa shape index (κ3) is 8.89. The average Bonchev–Trinajstić information content (AvgIpc) is 2.23. The van der Waals surface area contributed by atoms with Gasteiger partial charge in [0.25, 0.3) is 0 Å². The van der Waals surface area contributed by atoms with Crippen molar-refractivity contribution in [2.45, 2.75) is 13.8 Å². The average molecular weight is 241 g/mol. The first kappa shape index (κ1) is 16.1. The van der Waals surface area contributed by atoms with Gasteiger partial charge in [-0.1, -0.05) is 19.9 Å². The van der Waals surface area contributed by atoms with Gasteiger partial charge >= 0.3 is 0 Å². The smallest absolute Gasteiger partial charge is 0.236 e. The molecule has 0 aliphatic rings. The van der Waals surface area contributed by atoms with Crippen LogP contribution in [0.15, 0.2) is 12.7 Å². The molecular formula is C13H27N3O. The quantitative estimate of drug-likeness (QED) is 0.479. The van der Waals surface area contributed by atoms with Crippen LogP contribution < -0.4 is 5.32 Å². The number of hydrogen-bond donors (Lipinski definition) is 1. The highest BCUT2D eigenvalue weighted by molar-refractivity contribution is 5.78. The Kier molecular flexibility index (Phi) is 8.72. The van der Waals surface area contributed by atoms with E-state index in [1.807, 2.05) is 19.0 Å². The minimum atomic E-state index is 0.169. The number of nitrogens with zero attached hydrogens (tertiary/aromatic N) is 2. The van der Waals surface area contributed by atoms with Crippen LogP contribution in [-0.4, -0.2) is 62.5 Å². The molecule has 17 heavy (non-hydrogen) atoms. The Labute approximate surface area is 106 Å². The van der Waals surface area contributed by atoms with Gasteiger partial charge in [0.05, 0.1) is 6.54 Å². The van der Waals surface area contributed by atoms with Crippen molar-refractivity contribution in [3.05, 3.63) is 12.7 Å². The maximum atomic E-state index is 12.0. The van der Waals surface area contributed by atoms with E-state index in [9.17, 15) is 4.79 Å². The highest BCUT2D eigenvalue weighted by Gasteiger charge is 2.14. The molecule has 0 rings (SSSR count). The number of carbonyl (C=O) groups is 1. The summed E-state index contributed by atoms with van der Waals surface area (Å²) < 4.78 is 0. The van der Waals surface area contributed by atoms with E-state index >= 15 is 0 Å². The molecule has 0 aliphatic carbocycles. The third-order valence-electron chi connectivity index (χ3n) is 2.32. The van der Waals surface area contributed by atoms with Gasteiger partial charge in [0, 0.05) is 26.2 Å². The van der Waals surface area contributed by atoms with E-state index < -0.39 is 0 Å². The normalized spacial score (nSPS) is 10.9. The maximum absolute atomic E-state index is 12.0. The maximum Gasteiger partial charge on any atom is 0.236 e. The predicted octanol–water partition coefficient (Wildman–Crippen LogP) is 0.808. The molecule has 1 amide bonds. The Morgan fingerprint density at radius 2 is 2.00 bits per heavy atom. The fourth-order valence-electron chi connectivity index (χ4n) is 1.47. The van der Waals surface area contributed by atoms with Crippen LogP contribution in [0.3, 0.4) is 0 Å². The lowest BCUT2D eigenvalue weighted by Crippen LogP contribution is -2.43. The lowest BCUT2D eigenvalue weighted by atomic mass is 10.2. The fraction of sp³-hybridized carbons (Fsp3) is 0.769. The molecule has 0 bridgehead atoms. The molecule has 0 aromatic carbocycles. The highest BCUT2D eigenvalue weighted by Crippen LogP contribution is 1.99. The molecule has 0 fully saturated rings. The first-order valence-corrected chi connectivity index (χ1v) is 6.21. The van der Waals surface area contributed by atoms with E-state index in [0.717, 1.165) is 19.6 Å². The van der Waals surface area contributed by atoms with Crippen molar-refractivity contribution in [2.24, 2.45) is 5.92 Å². The standard InChI is InChI=1S/C13H27N3O/c1-6-7-14-10-13(17)16(11-12(2)3)9-8-15(4)5/h6,12,14H,1,7-11H2,2-5H3. The van der Waals surface area contributed by atoms with Crippen LogP contribution in [0.5, 0.6) is 0 Å². The summed E-state index contributed by atoms with van der Waals surface area (Å²) in [5.74, 6) is 0.669. The van der Waals surface area contributed by atoms with Crippen molar-refractivity contribution in [3.63, 3.8) is 0 Å². The second-order valence-corrected chi connectivity index (χ2v) is 4.96. The summed E-state index contributed by atoms with van der Waals surface area (Å²) in [6, 6.07) is 0. The summed E-state index contributed by atoms with van der Waals surface area (Å²) in [5, 5.41) is 3.05. The van der Waals surface area contributed by atoms with Crippen molar-refractivity contribution in [3.8, 4) is 0 Å². The summed E-state index contributed by atoms with van der Waals surface area (Å²) in [6.45, 7) is 11.5. The number of hydrogen-bond acceptors (Lipinski definition) is 3. The Morgan fingerprint density at radius 3 is 2.47 bits per heavy atom. The fourth-order valence-corrected chi connectivity index (χ4v) is 1.47. The second-order valence-electron chi connectivity index (χ2n) is 4.96. The SMILES string of the molecule is C=CCNCC(=O)N(CCN(C)C)CC(C)C. The van der Waals surface area contributed by atoms with E-state index in [1.165, 1.54) is 0 Å². The Bertz CT molecular complexity index is 227. The number of rotatable bonds is 9. The molecule has 100 valence electrons. The zero-order valence-electron chi connectivity index (χ0n) is 11.7. The Morgan fingerprint density at radius 1 is 1.35 bits per heavy atom. The first-order chi connectivity index (χ1) is 7.97. The van der Waals surface area contributed by atoms with E-state index in [1.54, 1.807) is 6.08 Å². The lowest BCUT2D eigenvalue weighted by Gasteiger charge is -2.26. The van der Waals surface area contributed by atoms with Gasteiger partial charge < -0.3 is 15.1 Å². The van der Waals surface area contributed by atoms with Gasteiger partial charge in [0.1, 0.15) is 0 Å². The summed E-state index contributed by atoms with van der Waals surface area (Å²) in [6.07, 6.45) is 1.76. The van der Waals surface area contributed by atoms with E-state index in [0.29, 0.717) is 19.0 Å². The molecule has 0 spiro atoms. The molecule has 0 heterocycles. The van der Waals surface area contributed by atoms with Gasteiger partial charge in [-0.25, -0.2) is 0 Å². The van der Waals surface area contributed by atoms with Gasteiger partial charge in [-0.3, -0.25) is 4.79 Å². The van der Waals surface area contributed by atoms with Crippen molar-refractivity contribution >= 4 is 5.91 Å². The molecule has 0 aliphatic heterocycles. The van der Waals surface area contributed by atoms with Crippen molar-refractivity contribution in [1.29, 1.82) is 0 Å². The third-order valence-corrected chi connectivity index (χ3v) is 2.32. The van der Waals surface area contributed by atoms with Crippen LogP contribution in [-0.2, 0) is 4.79 Å². The van der Waals surface area contributed by atoms with Crippen LogP contribution in [0, 0.1) is 5.92 Å². The molecule has 0 saturated heterocycles. The van der Waals surface area contributed by atoms with Crippen molar-refractivity contribution in [1.82, 2.24) is 15.1 Å². The molecule has 4 heteroatoms. The van der Waals surface area contributed by atoms with Crippen LogP contribution in [0.1, 0.15) is 13.8 Å². The summed E-state index contributed by atoms with van der Waals surface area (Å²) >= 11 is 0. The van der Waals surface area contributed by atoms with Crippen LogP contribution in [0.4, 0.5) is 0 Å². The minimum Gasteiger partial charge on any atom is -0.340 e. The number of likely N-dealkylation sites (N-methyl/N-ethyl adjacent to an activating group) is 1. The summed E-state index contributed by atoms with van der Waals surface area (Å²) in [4.78, 5) is 16.0. The number of carbonyl (C=O) groups excluding carboxylic acids is 1. The lowest BCUT2D eigenvalue weighted by molar-refractivity contribution is -0.130. The molecule has 0 unspecified atom stereocenters. The molecule has 0 atom stereocenters. The predicted molar refractivity (Wildman–Crippen MR) is 73.0 cm³/mol. The molecule has 0 aromatic heterocycles. The largest absolute Gasteiger partial charge is 0.340 e. The van der Waals surface area contributed by atoms with Gasteiger partial charge in [-0.05, 0) is 20.0 Å². The molecule has 0 aromatic rings. The van der Waals surface area contributed by atoms with Gasteiger partial charge in [-0.15, -0.1) is 6.58 Å². The summed E-state index contributed by atoms with van der Waals surface area (Å²) in [5.41, 5.74) is 0. The van der Waals surface area contributed by atoms with Gasteiger partial charge in [-0.2, -0.15) is 0 Å². The summed E-state index contributed by atoms with van der Waals surface area (Å²) in [7, 11) is 4.04. The van der Waals surface area contributed by atoms with Crippen molar-refractivity contribution < 1.29 is 4.79 Å². The topological polar surface area (TPSA) is 35.6 Å². The van der Waals surface area contributed by atoms with Gasteiger partial charge in [0.15, 0.2) is 0 Å².